The molecule has 2 heterocycles. The van der Waals surface area contributed by atoms with Crippen LogP contribution in [0.15, 0.2) is 18.3 Å². The van der Waals surface area contributed by atoms with Gasteiger partial charge in [-0.05, 0) is 37.4 Å². The lowest BCUT2D eigenvalue weighted by Gasteiger charge is -2.16. The van der Waals surface area contributed by atoms with Gasteiger partial charge in [0.25, 0.3) is 0 Å². The lowest BCUT2D eigenvalue weighted by molar-refractivity contribution is 0.0694. The number of hydrogen-bond acceptors (Lipinski definition) is 4. The number of carbonyl (C=O) groups is 1. The van der Waals surface area contributed by atoms with E-state index in [4.69, 9.17) is 10.2 Å². The lowest BCUT2D eigenvalue weighted by atomic mass is 10.1. The Bertz CT molecular complexity index is 422. The van der Waals surface area contributed by atoms with Gasteiger partial charge in [-0.2, -0.15) is 0 Å². The molecule has 18 heavy (non-hydrogen) atoms. The fraction of sp³-hybridized carbons (Fsp3) is 0.538. The second-order valence-electron chi connectivity index (χ2n) is 4.70. The van der Waals surface area contributed by atoms with Crippen LogP contribution >= 0.6 is 0 Å². The van der Waals surface area contributed by atoms with Crippen LogP contribution in [0.2, 0.25) is 0 Å². The summed E-state index contributed by atoms with van der Waals surface area (Å²) in [6, 6.07) is 3.23. The molecule has 1 aromatic heterocycles. The number of carboxylic acid groups (broad SMARTS) is 1. The van der Waals surface area contributed by atoms with Crippen molar-refractivity contribution in [2.24, 2.45) is 5.92 Å². The number of aliphatic hydroxyl groups excluding tert-OH is 1. The highest BCUT2D eigenvalue weighted by molar-refractivity contribution is 5.88. The minimum atomic E-state index is -0.927. The zero-order valence-electron chi connectivity index (χ0n) is 10.2. The van der Waals surface area contributed by atoms with E-state index in [0.29, 0.717) is 18.2 Å². The number of aliphatic hydroxyl groups is 1. The van der Waals surface area contributed by atoms with Crippen LogP contribution in [0.5, 0.6) is 0 Å². The van der Waals surface area contributed by atoms with E-state index in [1.54, 1.807) is 18.3 Å². The van der Waals surface area contributed by atoms with Gasteiger partial charge in [0, 0.05) is 25.9 Å². The number of nitrogens with zero attached hydrogens (tertiary/aromatic N) is 2. The van der Waals surface area contributed by atoms with Crippen molar-refractivity contribution in [3.05, 3.63) is 29.6 Å². The summed E-state index contributed by atoms with van der Waals surface area (Å²) >= 11 is 0. The van der Waals surface area contributed by atoms with Crippen LogP contribution in [0.3, 0.4) is 0 Å². The molecule has 0 saturated carbocycles. The zero-order valence-corrected chi connectivity index (χ0v) is 10.2. The molecule has 0 spiro atoms. The van der Waals surface area contributed by atoms with Gasteiger partial charge < -0.3 is 10.2 Å². The Labute approximate surface area is 106 Å². The normalized spacial score (nSPS) is 20.2. The summed E-state index contributed by atoms with van der Waals surface area (Å²) in [6.45, 7) is 2.66. The van der Waals surface area contributed by atoms with Gasteiger partial charge in [0.15, 0.2) is 0 Å². The van der Waals surface area contributed by atoms with E-state index in [1.807, 2.05) is 0 Å². The molecule has 1 saturated heterocycles. The third-order valence-corrected chi connectivity index (χ3v) is 3.40. The first-order valence-corrected chi connectivity index (χ1v) is 6.21. The SMILES string of the molecule is O=C(O)c1cccnc1CN1CCC(CCO)C1. The fourth-order valence-electron chi connectivity index (χ4n) is 2.45. The van der Waals surface area contributed by atoms with Gasteiger partial charge in [-0.1, -0.05) is 0 Å². The maximum absolute atomic E-state index is 11.1. The van der Waals surface area contributed by atoms with Crippen LogP contribution in [-0.2, 0) is 6.54 Å². The number of rotatable bonds is 5. The minimum Gasteiger partial charge on any atom is -0.478 e. The number of carboxylic acids is 1. The number of pyridine rings is 1. The van der Waals surface area contributed by atoms with Gasteiger partial charge in [0.2, 0.25) is 0 Å². The predicted molar refractivity (Wildman–Crippen MR) is 66.3 cm³/mol. The highest BCUT2D eigenvalue weighted by atomic mass is 16.4. The first-order chi connectivity index (χ1) is 8.70. The molecule has 1 atom stereocenters. The van der Waals surface area contributed by atoms with E-state index in [-0.39, 0.29) is 12.2 Å². The molecule has 1 unspecified atom stereocenters. The van der Waals surface area contributed by atoms with Gasteiger partial charge in [-0.3, -0.25) is 9.88 Å². The first-order valence-electron chi connectivity index (χ1n) is 6.21. The molecular formula is C13H18N2O3. The van der Waals surface area contributed by atoms with Gasteiger partial charge in [-0.15, -0.1) is 0 Å². The van der Waals surface area contributed by atoms with Crippen molar-refractivity contribution in [1.29, 1.82) is 0 Å². The smallest absolute Gasteiger partial charge is 0.337 e. The lowest BCUT2D eigenvalue weighted by Crippen LogP contribution is -2.22. The molecule has 5 nitrogen and oxygen atoms in total. The number of hydrogen-bond donors (Lipinski definition) is 2. The Morgan fingerprint density at radius 2 is 2.39 bits per heavy atom. The van der Waals surface area contributed by atoms with Crippen molar-refractivity contribution in [3.8, 4) is 0 Å². The minimum absolute atomic E-state index is 0.225. The van der Waals surface area contributed by atoms with Crippen LogP contribution in [0.1, 0.15) is 28.9 Å². The summed E-state index contributed by atoms with van der Waals surface area (Å²) in [5.74, 6) is -0.406. The van der Waals surface area contributed by atoms with E-state index < -0.39 is 5.97 Å². The van der Waals surface area contributed by atoms with E-state index in [0.717, 1.165) is 25.9 Å². The molecule has 98 valence electrons. The van der Waals surface area contributed by atoms with Gasteiger partial charge in [0.1, 0.15) is 0 Å². The van der Waals surface area contributed by atoms with Crippen molar-refractivity contribution >= 4 is 5.97 Å². The average Bonchev–Trinajstić information content (AvgIpc) is 2.77. The molecule has 0 radical (unpaired) electrons. The molecule has 1 fully saturated rings. The molecule has 0 amide bonds. The van der Waals surface area contributed by atoms with E-state index in [2.05, 4.69) is 9.88 Å². The van der Waals surface area contributed by atoms with E-state index >= 15 is 0 Å². The molecule has 0 bridgehead atoms. The van der Waals surface area contributed by atoms with Crippen molar-refractivity contribution < 1.29 is 15.0 Å². The molecule has 2 rings (SSSR count). The Kier molecular flexibility index (Phi) is 4.28. The number of aromatic nitrogens is 1. The quantitative estimate of drug-likeness (QED) is 0.815. The largest absolute Gasteiger partial charge is 0.478 e. The van der Waals surface area contributed by atoms with Crippen LogP contribution in [0, 0.1) is 5.92 Å². The summed E-state index contributed by atoms with van der Waals surface area (Å²) in [5.41, 5.74) is 0.901. The summed E-state index contributed by atoms with van der Waals surface area (Å²) in [5, 5.41) is 18.0. The summed E-state index contributed by atoms with van der Waals surface area (Å²) in [7, 11) is 0. The molecule has 2 N–H and O–H groups in total. The highest BCUT2D eigenvalue weighted by Gasteiger charge is 2.23. The number of likely N-dealkylation sites (tertiary alicyclic amines) is 1. The molecule has 1 aromatic rings. The highest BCUT2D eigenvalue weighted by Crippen LogP contribution is 2.21. The van der Waals surface area contributed by atoms with E-state index in [9.17, 15) is 4.79 Å². The Morgan fingerprint density at radius 1 is 1.56 bits per heavy atom. The van der Waals surface area contributed by atoms with Crippen LogP contribution in [0.25, 0.3) is 0 Å². The molecule has 1 aliphatic heterocycles. The van der Waals surface area contributed by atoms with Crippen molar-refractivity contribution in [1.82, 2.24) is 9.88 Å². The predicted octanol–water partition coefficient (Wildman–Crippen LogP) is 0.984. The Morgan fingerprint density at radius 3 is 3.11 bits per heavy atom. The van der Waals surface area contributed by atoms with E-state index in [1.165, 1.54) is 0 Å². The molecular weight excluding hydrogens is 232 g/mol. The van der Waals surface area contributed by atoms with Crippen molar-refractivity contribution in [3.63, 3.8) is 0 Å². The van der Waals surface area contributed by atoms with Crippen LogP contribution in [-0.4, -0.2) is 45.8 Å². The molecule has 0 aliphatic carbocycles. The Balaban J connectivity index is 2.00. The standard InChI is InChI=1S/C13H18N2O3/c16-7-4-10-3-6-15(8-10)9-12-11(13(17)18)2-1-5-14-12/h1-2,5,10,16H,3-4,6-9H2,(H,17,18). The van der Waals surface area contributed by atoms with Gasteiger partial charge >= 0.3 is 5.97 Å². The summed E-state index contributed by atoms with van der Waals surface area (Å²) < 4.78 is 0. The third kappa shape index (κ3) is 3.05. The second-order valence-corrected chi connectivity index (χ2v) is 4.70. The maximum Gasteiger partial charge on any atom is 0.337 e. The van der Waals surface area contributed by atoms with Gasteiger partial charge in [0.05, 0.1) is 11.3 Å². The first kappa shape index (κ1) is 13.0. The summed E-state index contributed by atoms with van der Waals surface area (Å²) in [6.07, 6.45) is 3.52. The fourth-order valence-corrected chi connectivity index (χ4v) is 2.45. The average molecular weight is 250 g/mol. The Hall–Kier alpha value is -1.46. The third-order valence-electron chi connectivity index (χ3n) is 3.40. The van der Waals surface area contributed by atoms with Crippen LogP contribution < -0.4 is 0 Å². The topological polar surface area (TPSA) is 73.7 Å². The van der Waals surface area contributed by atoms with Gasteiger partial charge in [-0.25, -0.2) is 4.79 Å². The summed E-state index contributed by atoms with van der Waals surface area (Å²) in [4.78, 5) is 17.4. The maximum atomic E-state index is 11.1. The monoisotopic (exact) mass is 250 g/mol. The zero-order chi connectivity index (χ0) is 13.0. The molecule has 1 aliphatic rings. The molecule has 5 heteroatoms. The molecule has 0 aromatic carbocycles. The van der Waals surface area contributed by atoms with Crippen LogP contribution in [0.4, 0.5) is 0 Å². The van der Waals surface area contributed by atoms with Crippen molar-refractivity contribution in [2.75, 3.05) is 19.7 Å². The van der Waals surface area contributed by atoms with Crippen molar-refractivity contribution in [2.45, 2.75) is 19.4 Å². The second kappa shape index (κ2) is 5.93. The number of aromatic carboxylic acids is 1.